The Labute approximate surface area is 219 Å². The molecule has 13 heteroatoms. The highest BCUT2D eigenvalue weighted by molar-refractivity contribution is 6.29. The first-order valence-electron chi connectivity index (χ1n) is 13.2. The average molecular weight is 531 g/mol. The number of urea groups is 2. The zero-order valence-electron chi connectivity index (χ0n) is 21.5. The summed E-state index contributed by atoms with van der Waals surface area (Å²) in [6.45, 7) is -0.328. The molecule has 2 spiro atoms. The number of carbonyl (C=O) groups is 6. The number of rotatable bonds is 5. The Kier molecular flexibility index (Phi) is 6.14. The highest BCUT2D eigenvalue weighted by Crippen LogP contribution is 2.61. The number of barbiturate groups is 1. The summed E-state index contributed by atoms with van der Waals surface area (Å²) in [4.78, 5) is 81.0. The fourth-order valence-corrected chi connectivity index (χ4v) is 7.42. The monoisotopic (exact) mass is 530 g/mol. The van der Waals surface area contributed by atoms with Crippen LogP contribution in [0.3, 0.4) is 0 Å². The lowest BCUT2D eigenvalue weighted by Gasteiger charge is -2.58. The van der Waals surface area contributed by atoms with Crippen molar-refractivity contribution in [2.45, 2.75) is 75.8 Å². The molecule has 7 amide bonds. The summed E-state index contributed by atoms with van der Waals surface area (Å²) in [6.07, 6.45) is 6.62. The number of carbonyl (C=O) groups excluding carboxylic acids is 5. The van der Waals surface area contributed by atoms with Crippen LogP contribution in [0.5, 0.6) is 0 Å². The summed E-state index contributed by atoms with van der Waals surface area (Å²) in [5.41, 5.74) is 9.60. The SMILES string of the molecule is CN1C(=O)N(CC(=O)O)C2(CC3(CCC(N4C(=O)C(=C(N)N)C(=O)N(CC5CCCC5)C4=O)CC3)C2)C1=O. The van der Waals surface area contributed by atoms with Gasteiger partial charge in [-0.3, -0.25) is 38.8 Å². The van der Waals surface area contributed by atoms with Crippen molar-refractivity contribution in [2.75, 3.05) is 20.1 Å². The van der Waals surface area contributed by atoms with Crippen molar-refractivity contribution in [3.05, 3.63) is 11.4 Å². The van der Waals surface area contributed by atoms with Gasteiger partial charge in [0.2, 0.25) is 0 Å². The number of aliphatic carboxylic acids is 1. The molecule has 0 bridgehead atoms. The number of hydrogen-bond donors (Lipinski definition) is 3. The van der Waals surface area contributed by atoms with Gasteiger partial charge in [-0.05, 0) is 62.7 Å². The summed E-state index contributed by atoms with van der Waals surface area (Å²) in [6, 6.07) is -1.73. The molecule has 2 saturated heterocycles. The summed E-state index contributed by atoms with van der Waals surface area (Å²) >= 11 is 0. The van der Waals surface area contributed by atoms with E-state index in [0.29, 0.717) is 38.5 Å². The Morgan fingerprint density at radius 3 is 2.11 bits per heavy atom. The van der Waals surface area contributed by atoms with E-state index in [2.05, 4.69) is 0 Å². The third-order valence-electron chi connectivity index (χ3n) is 9.28. The summed E-state index contributed by atoms with van der Waals surface area (Å²) in [5.74, 6) is -3.34. The molecule has 5 fully saturated rings. The van der Waals surface area contributed by atoms with Gasteiger partial charge in [0, 0.05) is 19.6 Å². The van der Waals surface area contributed by atoms with Crippen LogP contribution >= 0.6 is 0 Å². The number of nitrogens with zero attached hydrogens (tertiary/aromatic N) is 4. The molecule has 5 N–H and O–H groups in total. The quantitative estimate of drug-likeness (QED) is 0.259. The third-order valence-corrected chi connectivity index (χ3v) is 9.28. The molecule has 3 aliphatic carbocycles. The molecule has 2 aliphatic heterocycles. The Balaban J connectivity index is 1.31. The second-order valence-electron chi connectivity index (χ2n) is 11.6. The molecule has 0 aromatic rings. The minimum absolute atomic E-state index is 0.178. The van der Waals surface area contributed by atoms with E-state index in [-0.39, 0.29) is 23.5 Å². The van der Waals surface area contributed by atoms with Crippen molar-refractivity contribution >= 4 is 35.8 Å². The minimum atomic E-state index is -1.19. The van der Waals surface area contributed by atoms with Gasteiger partial charge in [0.1, 0.15) is 23.5 Å². The van der Waals surface area contributed by atoms with Crippen LogP contribution in [0.25, 0.3) is 0 Å². The molecule has 13 nitrogen and oxygen atoms in total. The fraction of sp³-hybridized carbons (Fsp3) is 0.680. The molecule has 38 heavy (non-hydrogen) atoms. The fourth-order valence-electron chi connectivity index (χ4n) is 7.42. The summed E-state index contributed by atoms with van der Waals surface area (Å²) < 4.78 is 0. The van der Waals surface area contributed by atoms with Gasteiger partial charge < -0.3 is 16.6 Å². The highest BCUT2D eigenvalue weighted by Gasteiger charge is 2.68. The molecule has 0 unspecified atom stereocenters. The van der Waals surface area contributed by atoms with E-state index in [1.807, 2.05) is 0 Å². The third kappa shape index (κ3) is 3.81. The standard InChI is InChI=1S/C25H34N6O7/c1-28-21(36)25(30(22(28)37)11-16(32)33)12-24(13-25)8-6-15(7-9-24)31-20(35)17(18(26)27)19(34)29(23(31)38)10-14-4-2-3-5-14/h14-15H,2-13,26-27H2,1H3,(H,32,33). The molecular formula is C25H34N6O7. The predicted octanol–water partition coefficient (Wildman–Crippen LogP) is 0.537. The second-order valence-corrected chi connectivity index (χ2v) is 11.6. The van der Waals surface area contributed by atoms with E-state index in [1.54, 1.807) is 0 Å². The molecule has 2 heterocycles. The zero-order chi connectivity index (χ0) is 27.6. The van der Waals surface area contributed by atoms with Gasteiger partial charge in [-0.25, -0.2) is 9.59 Å². The summed E-state index contributed by atoms with van der Waals surface area (Å²) in [5, 5.41) is 9.29. The van der Waals surface area contributed by atoms with Gasteiger partial charge in [-0.15, -0.1) is 0 Å². The topological polar surface area (TPSA) is 188 Å². The van der Waals surface area contributed by atoms with Gasteiger partial charge in [0.25, 0.3) is 17.7 Å². The maximum atomic E-state index is 13.5. The van der Waals surface area contributed by atoms with Gasteiger partial charge in [0.05, 0.1) is 0 Å². The lowest BCUT2D eigenvalue weighted by Crippen LogP contribution is -2.66. The van der Waals surface area contributed by atoms with Gasteiger partial charge >= 0.3 is 18.0 Å². The molecule has 5 rings (SSSR count). The van der Waals surface area contributed by atoms with Crippen molar-refractivity contribution in [1.82, 2.24) is 19.6 Å². The smallest absolute Gasteiger partial charge is 0.334 e. The van der Waals surface area contributed by atoms with Crippen molar-refractivity contribution < 1.29 is 33.9 Å². The first-order chi connectivity index (χ1) is 17.9. The van der Waals surface area contributed by atoms with E-state index in [4.69, 9.17) is 11.5 Å². The largest absolute Gasteiger partial charge is 0.480 e. The number of hydrogen-bond acceptors (Lipinski definition) is 8. The Morgan fingerprint density at radius 2 is 1.55 bits per heavy atom. The predicted molar refractivity (Wildman–Crippen MR) is 130 cm³/mol. The maximum Gasteiger partial charge on any atom is 0.334 e. The number of carboxylic acids is 1. The molecule has 206 valence electrons. The van der Waals surface area contributed by atoms with E-state index >= 15 is 0 Å². The van der Waals surface area contributed by atoms with Gasteiger partial charge in [-0.1, -0.05) is 12.8 Å². The van der Waals surface area contributed by atoms with Crippen LogP contribution in [-0.4, -0.2) is 92.2 Å². The molecule has 5 aliphatic rings. The Bertz CT molecular complexity index is 1140. The van der Waals surface area contributed by atoms with E-state index < -0.39 is 59.7 Å². The summed E-state index contributed by atoms with van der Waals surface area (Å²) in [7, 11) is 1.36. The second kappa shape index (κ2) is 8.98. The van der Waals surface area contributed by atoms with Gasteiger partial charge in [0.15, 0.2) is 0 Å². The van der Waals surface area contributed by atoms with Crippen molar-refractivity contribution in [3.8, 4) is 0 Å². The zero-order valence-corrected chi connectivity index (χ0v) is 21.5. The molecular weight excluding hydrogens is 496 g/mol. The number of carboxylic acid groups (broad SMARTS) is 1. The number of nitrogens with two attached hydrogens (primary N) is 2. The van der Waals surface area contributed by atoms with Crippen molar-refractivity contribution in [3.63, 3.8) is 0 Å². The minimum Gasteiger partial charge on any atom is -0.480 e. The maximum absolute atomic E-state index is 13.5. The first kappa shape index (κ1) is 26.0. The number of amides is 7. The molecule has 0 aromatic heterocycles. The van der Waals surface area contributed by atoms with E-state index in [0.717, 1.165) is 45.3 Å². The number of imide groups is 3. The van der Waals surface area contributed by atoms with Crippen LogP contribution in [0.2, 0.25) is 0 Å². The van der Waals surface area contributed by atoms with Gasteiger partial charge in [-0.2, -0.15) is 0 Å². The van der Waals surface area contributed by atoms with Crippen LogP contribution < -0.4 is 11.5 Å². The Hall–Kier alpha value is -3.64. The number of likely N-dealkylation sites (N-methyl/N-ethyl adjacent to an activating group) is 1. The van der Waals surface area contributed by atoms with Crippen molar-refractivity contribution in [2.24, 2.45) is 22.8 Å². The molecule has 0 atom stereocenters. The molecule has 0 radical (unpaired) electrons. The van der Waals surface area contributed by atoms with Crippen LogP contribution in [0, 0.1) is 11.3 Å². The van der Waals surface area contributed by atoms with Crippen molar-refractivity contribution in [1.29, 1.82) is 0 Å². The normalized spacial score (nSPS) is 32.3. The highest BCUT2D eigenvalue weighted by atomic mass is 16.4. The van der Waals surface area contributed by atoms with E-state index in [9.17, 15) is 33.9 Å². The average Bonchev–Trinajstić information content (AvgIpc) is 3.41. The molecule has 3 saturated carbocycles. The lowest BCUT2D eigenvalue weighted by molar-refractivity contribution is -0.153. The van der Waals surface area contributed by atoms with E-state index in [1.165, 1.54) is 7.05 Å². The molecule has 0 aromatic carbocycles. The first-order valence-corrected chi connectivity index (χ1v) is 13.2. The van der Waals surface area contributed by atoms with Crippen LogP contribution in [0.1, 0.15) is 64.2 Å². The van der Waals surface area contributed by atoms with Crippen LogP contribution in [-0.2, 0) is 19.2 Å². The van der Waals surface area contributed by atoms with Crippen LogP contribution in [0.4, 0.5) is 9.59 Å². The lowest BCUT2D eigenvalue weighted by atomic mass is 9.51. The Morgan fingerprint density at radius 1 is 0.947 bits per heavy atom. The van der Waals surface area contributed by atoms with Crippen LogP contribution in [0.15, 0.2) is 11.4 Å².